The minimum Gasteiger partial charge on any atom is -0.370 e. The first kappa shape index (κ1) is 13.6. The fourth-order valence-corrected chi connectivity index (χ4v) is 2.01. The Labute approximate surface area is 114 Å². The maximum absolute atomic E-state index is 4.70. The van der Waals surface area contributed by atoms with E-state index < -0.39 is 0 Å². The molecule has 0 aromatic carbocycles. The first-order chi connectivity index (χ1) is 9.20. The maximum Gasteiger partial charge on any atom is 0.130 e. The fraction of sp³-hybridized carbons (Fsp3) is 0.467. The van der Waals surface area contributed by atoms with E-state index in [1.54, 1.807) is 12.4 Å². The number of rotatable bonds is 6. The first-order valence-electron chi connectivity index (χ1n) is 6.94. The van der Waals surface area contributed by atoms with Crippen molar-refractivity contribution in [2.45, 2.75) is 33.6 Å². The molecule has 102 valence electrons. The number of hydrogen-bond donors (Lipinski definition) is 1. The van der Waals surface area contributed by atoms with Crippen LogP contribution in [-0.2, 0) is 6.42 Å². The molecule has 0 saturated carbocycles. The third-order valence-corrected chi connectivity index (χ3v) is 2.84. The average molecular weight is 258 g/mol. The lowest BCUT2D eigenvalue weighted by Crippen LogP contribution is -2.07. The molecule has 4 nitrogen and oxygen atoms in total. The van der Waals surface area contributed by atoms with Gasteiger partial charge >= 0.3 is 0 Å². The predicted octanol–water partition coefficient (Wildman–Crippen LogP) is 3.29. The highest BCUT2D eigenvalue weighted by atomic mass is 15.3. The van der Waals surface area contributed by atoms with Gasteiger partial charge in [-0.25, -0.2) is 4.68 Å². The molecule has 4 heteroatoms. The van der Waals surface area contributed by atoms with Crippen LogP contribution in [0.15, 0.2) is 30.6 Å². The van der Waals surface area contributed by atoms with Crippen LogP contribution in [0, 0.1) is 5.92 Å². The molecule has 0 bridgehead atoms. The molecule has 2 aromatic heterocycles. The van der Waals surface area contributed by atoms with E-state index in [1.165, 1.54) is 0 Å². The van der Waals surface area contributed by atoms with Gasteiger partial charge in [-0.1, -0.05) is 20.8 Å². The molecule has 0 atom stereocenters. The van der Waals surface area contributed by atoms with Crippen molar-refractivity contribution in [3.63, 3.8) is 0 Å². The van der Waals surface area contributed by atoms with Crippen LogP contribution in [-0.4, -0.2) is 21.3 Å². The molecule has 0 aliphatic heterocycles. The lowest BCUT2D eigenvalue weighted by Gasteiger charge is -2.08. The van der Waals surface area contributed by atoms with Crippen LogP contribution in [0.5, 0.6) is 0 Å². The standard InChI is InChI=1S/C15H22N4/c1-4-7-17-15-11-13(10-12(2)3)18-19(15)14-5-8-16-9-6-14/h5-6,8-9,11-12,17H,4,7,10H2,1-3H3. The Hall–Kier alpha value is -1.84. The highest BCUT2D eigenvalue weighted by Crippen LogP contribution is 2.18. The summed E-state index contributed by atoms with van der Waals surface area (Å²) in [7, 11) is 0. The third-order valence-electron chi connectivity index (χ3n) is 2.84. The van der Waals surface area contributed by atoms with Crippen molar-refractivity contribution in [1.29, 1.82) is 0 Å². The van der Waals surface area contributed by atoms with Crippen LogP contribution in [0.1, 0.15) is 32.9 Å². The van der Waals surface area contributed by atoms with E-state index in [9.17, 15) is 0 Å². The molecule has 2 heterocycles. The Bertz CT molecular complexity index is 502. The molecule has 0 aliphatic carbocycles. The van der Waals surface area contributed by atoms with Crippen LogP contribution in [0.4, 0.5) is 5.82 Å². The molecule has 0 amide bonds. The maximum atomic E-state index is 4.70. The van der Waals surface area contributed by atoms with Crippen molar-refractivity contribution in [2.24, 2.45) is 5.92 Å². The second-order valence-electron chi connectivity index (χ2n) is 5.16. The summed E-state index contributed by atoms with van der Waals surface area (Å²) in [5.41, 5.74) is 2.18. The monoisotopic (exact) mass is 258 g/mol. The minimum absolute atomic E-state index is 0.611. The highest BCUT2D eigenvalue weighted by Gasteiger charge is 2.10. The van der Waals surface area contributed by atoms with Gasteiger partial charge in [0.1, 0.15) is 5.82 Å². The van der Waals surface area contributed by atoms with Gasteiger partial charge in [-0.3, -0.25) is 4.98 Å². The minimum atomic E-state index is 0.611. The van der Waals surface area contributed by atoms with Crippen LogP contribution >= 0.6 is 0 Å². The third kappa shape index (κ3) is 3.56. The second-order valence-corrected chi connectivity index (χ2v) is 5.16. The van der Waals surface area contributed by atoms with E-state index in [0.29, 0.717) is 5.92 Å². The molecule has 0 radical (unpaired) electrons. The zero-order valence-corrected chi connectivity index (χ0v) is 11.9. The number of pyridine rings is 1. The van der Waals surface area contributed by atoms with E-state index in [1.807, 2.05) is 16.8 Å². The first-order valence-corrected chi connectivity index (χ1v) is 6.94. The van der Waals surface area contributed by atoms with E-state index in [0.717, 1.165) is 36.6 Å². The van der Waals surface area contributed by atoms with Crippen molar-refractivity contribution in [3.05, 3.63) is 36.3 Å². The van der Waals surface area contributed by atoms with E-state index in [4.69, 9.17) is 5.10 Å². The van der Waals surface area contributed by atoms with Crippen molar-refractivity contribution in [2.75, 3.05) is 11.9 Å². The van der Waals surface area contributed by atoms with Gasteiger partial charge in [0.2, 0.25) is 0 Å². The van der Waals surface area contributed by atoms with Crippen molar-refractivity contribution in [3.8, 4) is 5.69 Å². The molecular weight excluding hydrogens is 236 g/mol. The zero-order chi connectivity index (χ0) is 13.7. The molecular formula is C15H22N4. The summed E-state index contributed by atoms with van der Waals surface area (Å²) in [6.07, 6.45) is 5.69. The smallest absolute Gasteiger partial charge is 0.130 e. The summed E-state index contributed by atoms with van der Waals surface area (Å²) in [4.78, 5) is 4.06. The number of aromatic nitrogens is 3. The highest BCUT2D eigenvalue weighted by molar-refractivity contribution is 5.45. The Balaban J connectivity index is 2.31. The Morgan fingerprint density at radius 1 is 1.26 bits per heavy atom. The summed E-state index contributed by atoms with van der Waals surface area (Å²) in [6, 6.07) is 6.10. The molecule has 19 heavy (non-hydrogen) atoms. The molecule has 2 aromatic rings. The predicted molar refractivity (Wildman–Crippen MR) is 78.7 cm³/mol. The number of hydrogen-bond acceptors (Lipinski definition) is 3. The molecule has 0 fully saturated rings. The number of nitrogens with zero attached hydrogens (tertiary/aromatic N) is 3. The molecule has 2 rings (SSSR count). The van der Waals surface area contributed by atoms with Crippen LogP contribution in [0.3, 0.4) is 0 Å². The summed E-state index contributed by atoms with van der Waals surface area (Å²) in [6.45, 7) is 7.54. The van der Waals surface area contributed by atoms with Gasteiger partial charge in [0, 0.05) is 25.0 Å². The van der Waals surface area contributed by atoms with Crippen LogP contribution in [0.25, 0.3) is 5.69 Å². The summed E-state index contributed by atoms with van der Waals surface area (Å²) < 4.78 is 1.97. The van der Waals surface area contributed by atoms with Crippen LogP contribution < -0.4 is 5.32 Å². The summed E-state index contributed by atoms with van der Waals surface area (Å²) >= 11 is 0. The zero-order valence-electron chi connectivity index (χ0n) is 11.9. The largest absolute Gasteiger partial charge is 0.370 e. The second kappa shape index (κ2) is 6.36. The molecule has 0 spiro atoms. The Morgan fingerprint density at radius 3 is 2.63 bits per heavy atom. The SMILES string of the molecule is CCCNc1cc(CC(C)C)nn1-c1ccncc1. The molecule has 0 unspecified atom stereocenters. The molecule has 0 saturated heterocycles. The Morgan fingerprint density at radius 2 is 2.00 bits per heavy atom. The lowest BCUT2D eigenvalue weighted by molar-refractivity contribution is 0.628. The van der Waals surface area contributed by atoms with Gasteiger partial charge in [0.15, 0.2) is 0 Å². The fourth-order valence-electron chi connectivity index (χ4n) is 2.01. The number of nitrogens with one attached hydrogen (secondary N) is 1. The van der Waals surface area contributed by atoms with Crippen molar-refractivity contribution in [1.82, 2.24) is 14.8 Å². The summed E-state index contributed by atoms with van der Waals surface area (Å²) in [5.74, 6) is 1.67. The van der Waals surface area contributed by atoms with E-state index in [2.05, 4.69) is 37.1 Å². The van der Waals surface area contributed by atoms with Crippen LogP contribution in [0.2, 0.25) is 0 Å². The van der Waals surface area contributed by atoms with E-state index >= 15 is 0 Å². The summed E-state index contributed by atoms with van der Waals surface area (Å²) in [5, 5.41) is 8.14. The van der Waals surface area contributed by atoms with Crippen molar-refractivity contribution >= 4 is 5.82 Å². The van der Waals surface area contributed by atoms with Crippen molar-refractivity contribution < 1.29 is 0 Å². The van der Waals surface area contributed by atoms with Gasteiger partial charge in [0.25, 0.3) is 0 Å². The topological polar surface area (TPSA) is 42.7 Å². The van der Waals surface area contributed by atoms with Gasteiger partial charge in [-0.2, -0.15) is 5.10 Å². The Kier molecular flexibility index (Phi) is 4.55. The normalized spacial score (nSPS) is 10.9. The molecule has 1 N–H and O–H groups in total. The quantitative estimate of drug-likeness (QED) is 0.864. The van der Waals surface area contributed by atoms with Gasteiger partial charge in [0.05, 0.1) is 11.4 Å². The average Bonchev–Trinajstić information content (AvgIpc) is 2.79. The molecule has 0 aliphatic rings. The lowest BCUT2D eigenvalue weighted by atomic mass is 10.1. The number of anilines is 1. The van der Waals surface area contributed by atoms with Gasteiger partial charge in [-0.15, -0.1) is 0 Å². The van der Waals surface area contributed by atoms with Gasteiger partial charge in [-0.05, 0) is 30.9 Å². The van der Waals surface area contributed by atoms with E-state index in [-0.39, 0.29) is 0 Å². The van der Waals surface area contributed by atoms with Gasteiger partial charge < -0.3 is 5.32 Å².